The van der Waals surface area contributed by atoms with Crippen LogP contribution in [0.2, 0.25) is 0 Å². The molecule has 0 saturated heterocycles. The number of hydrogen-bond donors (Lipinski definition) is 1. The number of halogens is 1. The van der Waals surface area contributed by atoms with E-state index >= 15 is 0 Å². The van der Waals surface area contributed by atoms with E-state index in [4.69, 9.17) is 4.55 Å². The molecule has 0 aliphatic heterocycles. The summed E-state index contributed by atoms with van der Waals surface area (Å²) < 4.78 is 32.0. The molecule has 1 aromatic carbocycles. The summed E-state index contributed by atoms with van der Waals surface area (Å²) in [5.74, 6) is 0. The molecule has 1 N–H and O–H groups in total. The van der Waals surface area contributed by atoms with Crippen molar-refractivity contribution >= 4 is 43.6 Å². The maximum Gasteiger partial charge on any atom is 0.295 e. The molecule has 78 valence electrons. The van der Waals surface area contributed by atoms with E-state index < -0.39 is 10.1 Å². The van der Waals surface area contributed by atoms with Crippen LogP contribution in [0.1, 0.15) is 0 Å². The van der Waals surface area contributed by atoms with Crippen LogP contribution in [-0.2, 0) is 10.1 Å². The van der Waals surface area contributed by atoms with Gasteiger partial charge in [0.15, 0.2) is 0 Å². The maximum atomic E-state index is 11.1. The zero-order chi connectivity index (χ0) is 11.1. The van der Waals surface area contributed by atoms with E-state index in [1.54, 1.807) is 24.4 Å². The Bertz CT molecular complexity index is 624. The van der Waals surface area contributed by atoms with Crippen LogP contribution in [-0.4, -0.2) is 18.0 Å². The van der Waals surface area contributed by atoms with Crippen LogP contribution < -0.4 is 0 Å². The monoisotopic (exact) mass is 335 g/mol. The van der Waals surface area contributed by atoms with Gasteiger partial charge < -0.3 is 0 Å². The van der Waals surface area contributed by atoms with Gasteiger partial charge in [-0.05, 0) is 46.9 Å². The number of benzene rings is 1. The third kappa shape index (κ3) is 1.97. The lowest BCUT2D eigenvalue weighted by Gasteiger charge is -2.04. The van der Waals surface area contributed by atoms with Crippen LogP contribution in [0.5, 0.6) is 0 Å². The van der Waals surface area contributed by atoms with Crippen molar-refractivity contribution in [1.29, 1.82) is 0 Å². The van der Waals surface area contributed by atoms with Crippen molar-refractivity contribution in [1.82, 2.24) is 4.98 Å². The van der Waals surface area contributed by atoms with Crippen LogP contribution in [0, 0.1) is 3.57 Å². The predicted molar refractivity (Wildman–Crippen MR) is 64.3 cm³/mol. The highest BCUT2D eigenvalue weighted by atomic mass is 127. The Morgan fingerprint density at radius 1 is 1.27 bits per heavy atom. The number of rotatable bonds is 1. The molecular weight excluding hydrogens is 329 g/mol. The van der Waals surface area contributed by atoms with Crippen molar-refractivity contribution in [3.63, 3.8) is 0 Å². The summed E-state index contributed by atoms with van der Waals surface area (Å²) in [6.45, 7) is 0. The Morgan fingerprint density at radius 2 is 2.00 bits per heavy atom. The number of fused-ring (bicyclic) bond motifs is 1. The molecule has 1 aromatic heterocycles. The van der Waals surface area contributed by atoms with Crippen LogP contribution in [0.3, 0.4) is 0 Å². The molecule has 15 heavy (non-hydrogen) atoms. The van der Waals surface area contributed by atoms with Crippen molar-refractivity contribution in [3.05, 3.63) is 34.0 Å². The fraction of sp³-hybridized carbons (Fsp3) is 0. The molecule has 0 atom stereocenters. The van der Waals surface area contributed by atoms with Gasteiger partial charge in [-0.25, -0.2) is 0 Å². The standard InChI is InChI=1S/C9H6INO3S/c10-7-3-4-8(15(12,13)14)6-2-1-5-11-9(6)7/h1-5H,(H,12,13,14). The van der Waals surface area contributed by atoms with Gasteiger partial charge in [-0.3, -0.25) is 9.54 Å². The van der Waals surface area contributed by atoms with E-state index in [0.29, 0.717) is 10.9 Å². The molecule has 0 aliphatic carbocycles. The highest BCUT2D eigenvalue weighted by Crippen LogP contribution is 2.25. The fourth-order valence-electron chi connectivity index (χ4n) is 1.34. The Balaban J connectivity index is 2.96. The lowest BCUT2D eigenvalue weighted by molar-refractivity contribution is 0.484. The summed E-state index contributed by atoms with van der Waals surface area (Å²) in [7, 11) is -4.19. The summed E-state index contributed by atoms with van der Waals surface area (Å²) in [5, 5.41) is 0.437. The minimum absolute atomic E-state index is 0.106. The van der Waals surface area contributed by atoms with E-state index in [2.05, 4.69) is 27.6 Å². The average molecular weight is 335 g/mol. The Kier molecular flexibility index (Phi) is 2.65. The quantitative estimate of drug-likeness (QED) is 0.640. The van der Waals surface area contributed by atoms with Crippen molar-refractivity contribution in [2.75, 3.05) is 0 Å². The lowest BCUT2D eigenvalue weighted by Crippen LogP contribution is -2.00. The summed E-state index contributed by atoms with van der Waals surface area (Å²) in [6.07, 6.45) is 1.58. The third-order valence-corrected chi connectivity index (χ3v) is 3.74. The number of hydrogen-bond acceptors (Lipinski definition) is 3. The van der Waals surface area contributed by atoms with Crippen LogP contribution in [0.15, 0.2) is 35.4 Å². The zero-order valence-corrected chi connectivity index (χ0v) is 10.4. The van der Waals surface area contributed by atoms with E-state index in [0.717, 1.165) is 3.57 Å². The fourth-order valence-corrected chi connectivity index (χ4v) is 2.63. The van der Waals surface area contributed by atoms with Gasteiger partial charge in [0.1, 0.15) is 4.90 Å². The van der Waals surface area contributed by atoms with Gasteiger partial charge in [0.25, 0.3) is 10.1 Å². The maximum absolute atomic E-state index is 11.1. The molecule has 2 aromatic rings. The van der Waals surface area contributed by atoms with E-state index in [-0.39, 0.29) is 4.90 Å². The molecule has 0 saturated carbocycles. The lowest BCUT2D eigenvalue weighted by atomic mass is 10.2. The van der Waals surface area contributed by atoms with Crippen molar-refractivity contribution in [3.8, 4) is 0 Å². The SMILES string of the molecule is O=S(=O)(O)c1ccc(I)c2ncccc12. The van der Waals surface area contributed by atoms with E-state index in [9.17, 15) is 8.42 Å². The number of aromatic nitrogens is 1. The Morgan fingerprint density at radius 3 is 2.67 bits per heavy atom. The van der Waals surface area contributed by atoms with Gasteiger partial charge in [0.05, 0.1) is 5.52 Å². The zero-order valence-electron chi connectivity index (χ0n) is 7.38. The Labute approximate surface area is 100 Å². The van der Waals surface area contributed by atoms with Crippen LogP contribution >= 0.6 is 22.6 Å². The topological polar surface area (TPSA) is 67.3 Å². The van der Waals surface area contributed by atoms with E-state index in [1.807, 2.05) is 0 Å². The molecule has 0 spiro atoms. The molecule has 0 aliphatic rings. The molecule has 0 amide bonds. The van der Waals surface area contributed by atoms with Gasteiger partial charge in [0, 0.05) is 15.2 Å². The molecule has 0 unspecified atom stereocenters. The minimum Gasteiger partial charge on any atom is -0.282 e. The highest BCUT2D eigenvalue weighted by Gasteiger charge is 2.15. The number of pyridine rings is 1. The Hall–Kier alpha value is -0.730. The average Bonchev–Trinajstić information content (AvgIpc) is 2.17. The van der Waals surface area contributed by atoms with Gasteiger partial charge in [-0.1, -0.05) is 0 Å². The smallest absolute Gasteiger partial charge is 0.282 e. The summed E-state index contributed by atoms with van der Waals surface area (Å²) >= 11 is 2.06. The third-order valence-electron chi connectivity index (χ3n) is 1.96. The molecule has 2 rings (SSSR count). The molecular formula is C9H6INO3S. The first kappa shape index (κ1) is 10.8. The highest BCUT2D eigenvalue weighted by molar-refractivity contribution is 14.1. The molecule has 0 radical (unpaired) electrons. The first-order valence-electron chi connectivity index (χ1n) is 4.01. The van der Waals surface area contributed by atoms with Crippen molar-refractivity contribution in [2.45, 2.75) is 4.90 Å². The van der Waals surface area contributed by atoms with Gasteiger partial charge >= 0.3 is 0 Å². The summed E-state index contributed by atoms with van der Waals surface area (Å²) in [5.41, 5.74) is 0.577. The minimum atomic E-state index is -4.19. The van der Waals surface area contributed by atoms with Gasteiger partial charge in [-0.15, -0.1) is 0 Å². The second-order valence-corrected chi connectivity index (χ2v) is 5.47. The summed E-state index contributed by atoms with van der Waals surface area (Å²) in [4.78, 5) is 3.97. The second-order valence-electron chi connectivity index (χ2n) is 2.92. The molecule has 0 bridgehead atoms. The first-order chi connectivity index (χ1) is 7.00. The molecule has 0 fully saturated rings. The normalized spacial score (nSPS) is 11.9. The largest absolute Gasteiger partial charge is 0.295 e. The predicted octanol–water partition coefficient (Wildman–Crippen LogP) is 2.09. The number of nitrogens with zero attached hydrogens (tertiary/aromatic N) is 1. The van der Waals surface area contributed by atoms with E-state index in [1.165, 1.54) is 6.07 Å². The first-order valence-corrected chi connectivity index (χ1v) is 6.53. The second kappa shape index (κ2) is 3.69. The van der Waals surface area contributed by atoms with Gasteiger partial charge in [0.2, 0.25) is 0 Å². The van der Waals surface area contributed by atoms with Crippen molar-refractivity contribution in [2.24, 2.45) is 0 Å². The molecule has 1 heterocycles. The van der Waals surface area contributed by atoms with Crippen molar-refractivity contribution < 1.29 is 13.0 Å². The molecule has 4 nitrogen and oxygen atoms in total. The van der Waals surface area contributed by atoms with Crippen LogP contribution in [0.25, 0.3) is 10.9 Å². The van der Waals surface area contributed by atoms with Gasteiger partial charge in [-0.2, -0.15) is 8.42 Å². The van der Waals surface area contributed by atoms with Crippen LogP contribution in [0.4, 0.5) is 0 Å². The molecule has 6 heteroatoms. The summed E-state index contributed by atoms with van der Waals surface area (Å²) in [6, 6.07) is 6.24.